The minimum atomic E-state index is -1.08. The molecule has 1 aromatic carbocycles. The Hall–Kier alpha value is -3.37. The van der Waals surface area contributed by atoms with Crippen molar-refractivity contribution in [1.29, 1.82) is 0 Å². The number of fused-ring (bicyclic) bond motifs is 1. The quantitative estimate of drug-likeness (QED) is 0.257. The number of nitrogens with one attached hydrogen (secondary N) is 2. The van der Waals surface area contributed by atoms with Crippen LogP contribution in [0.1, 0.15) is 92.0 Å². The molecule has 2 saturated carbocycles. The Morgan fingerprint density at radius 3 is 2.20 bits per heavy atom. The summed E-state index contributed by atoms with van der Waals surface area (Å²) in [7, 11) is 0. The molecule has 0 bridgehead atoms. The molecule has 2 amide bonds. The third-order valence-corrected chi connectivity index (χ3v) is 11.3. The van der Waals surface area contributed by atoms with Gasteiger partial charge in [-0.25, -0.2) is 9.78 Å². The molecule has 10 heteroatoms. The summed E-state index contributed by atoms with van der Waals surface area (Å²) in [4.78, 5) is 51.8. The standard InChI is InChI=1S/C35H45N5O4S/c1-23(34(42)40-21-19-39(20-22-40)30(24-11-4-2-5-12-24)25-13-6-3-7-14-25)37-32(41)29-31(26-15-8-9-17-28(26)38-29)45-33-27(35(43)44)16-10-18-36-33/h8-10,15-18,23-25,30,38H,2-7,11-14,19-22H2,1H3,(H,37,41)(H,43,44)/t23-/m1/s1. The molecule has 3 fully saturated rings. The van der Waals surface area contributed by atoms with Crippen molar-refractivity contribution in [3.05, 3.63) is 53.9 Å². The van der Waals surface area contributed by atoms with Gasteiger partial charge in [-0.15, -0.1) is 0 Å². The SMILES string of the molecule is C[C@@H](NC(=O)c1[nH]c2ccccc2c1Sc1ncccc1C(=O)O)C(=O)N1CCN(C(C2CCCCC2)C2CCCCC2)CC1. The Morgan fingerprint density at radius 1 is 0.911 bits per heavy atom. The molecule has 6 rings (SSSR count). The smallest absolute Gasteiger partial charge is 0.338 e. The molecule has 3 heterocycles. The number of hydrogen-bond donors (Lipinski definition) is 3. The molecule has 2 aromatic heterocycles. The summed E-state index contributed by atoms with van der Waals surface area (Å²) < 4.78 is 0. The van der Waals surface area contributed by atoms with E-state index < -0.39 is 17.9 Å². The van der Waals surface area contributed by atoms with E-state index in [9.17, 15) is 19.5 Å². The molecular weight excluding hydrogens is 586 g/mol. The zero-order valence-corrected chi connectivity index (χ0v) is 27.0. The summed E-state index contributed by atoms with van der Waals surface area (Å²) in [6.07, 6.45) is 15.0. The highest BCUT2D eigenvalue weighted by Crippen LogP contribution is 2.39. The molecule has 3 N–H and O–H groups in total. The fourth-order valence-electron chi connectivity index (χ4n) is 7.89. The third-order valence-electron chi connectivity index (χ3n) is 10.1. The Bertz CT molecular complexity index is 1490. The maximum absolute atomic E-state index is 13.7. The zero-order valence-electron chi connectivity index (χ0n) is 26.2. The van der Waals surface area contributed by atoms with Crippen LogP contribution >= 0.6 is 11.8 Å². The first-order valence-electron chi connectivity index (χ1n) is 16.7. The van der Waals surface area contributed by atoms with Crippen molar-refractivity contribution in [1.82, 2.24) is 25.1 Å². The second-order valence-electron chi connectivity index (χ2n) is 13.0. The summed E-state index contributed by atoms with van der Waals surface area (Å²) in [5, 5.41) is 13.7. The summed E-state index contributed by atoms with van der Waals surface area (Å²) in [6, 6.07) is 10.5. The Balaban J connectivity index is 1.13. The van der Waals surface area contributed by atoms with Crippen LogP contribution in [-0.4, -0.2) is 80.9 Å². The maximum atomic E-state index is 13.7. The van der Waals surface area contributed by atoms with Crippen molar-refractivity contribution in [3.8, 4) is 0 Å². The van der Waals surface area contributed by atoms with E-state index in [1.807, 2.05) is 29.2 Å². The number of hydrogen-bond acceptors (Lipinski definition) is 6. The van der Waals surface area contributed by atoms with Crippen molar-refractivity contribution in [3.63, 3.8) is 0 Å². The molecule has 0 unspecified atom stereocenters. The van der Waals surface area contributed by atoms with Gasteiger partial charge in [-0.05, 0) is 62.6 Å². The van der Waals surface area contributed by atoms with Gasteiger partial charge < -0.3 is 20.3 Å². The average molecular weight is 632 g/mol. The van der Waals surface area contributed by atoms with Gasteiger partial charge in [-0.1, -0.05) is 68.5 Å². The molecule has 2 aliphatic carbocycles. The van der Waals surface area contributed by atoms with E-state index >= 15 is 0 Å². The lowest BCUT2D eigenvalue weighted by Crippen LogP contribution is -2.58. The minimum absolute atomic E-state index is 0.0658. The molecule has 9 nitrogen and oxygen atoms in total. The van der Waals surface area contributed by atoms with E-state index in [-0.39, 0.29) is 17.2 Å². The predicted molar refractivity (Wildman–Crippen MR) is 176 cm³/mol. The van der Waals surface area contributed by atoms with Gasteiger partial charge in [0.2, 0.25) is 5.91 Å². The second-order valence-corrected chi connectivity index (χ2v) is 14.0. The monoisotopic (exact) mass is 631 g/mol. The number of para-hydroxylation sites is 1. The summed E-state index contributed by atoms with van der Waals surface area (Å²) in [6.45, 7) is 4.89. The number of amides is 2. The van der Waals surface area contributed by atoms with Crippen molar-refractivity contribution in [2.75, 3.05) is 26.2 Å². The number of benzene rings is 1. The lowest BCUT2D eigenvalue weighted by atomic mass is 9.73. The number of carbonyl (C=O) groups excluding carboxylic acids is 2. The van der Waals surface area contributed by atoms with Crippen LogP contribution in [0.3, 0.4) is 0 Å². The topological polar surface area (TPSA) is 119 Å². The Kier molecular flexibility index (Phi) is 10.1. The van der Waals surface area contributed by atoms with E-state index in [2.05, 4.69) is 20.2 Å². The van der Waals surface area contributed by atoms with Crippen LogP contribution in [0.15, 0.2) is 52.5 Å². The van der Waals surface area contributed by atoms with Crippen molar-refractivity contribution in [2.45, 2.75) is 93.1 Å². The number of nitrogens with zero attached hydrogens (tertiary/aromatic N) is 3. The van der Waals surface area contributed by atoms with E-state index in [1.54, 1.807) is 13.0 Å². The first-order chi connectivity index (χ1) is 21.9. The van der Waals surface area contributed by atoms with Crippen LogP contribution in [0.25, 0.3) is 10.9 Å². The first kappa shape index (κ1) is 31.6. The van der Waals surface area contributed by atoms with Crippen molar-refractivity contribution in [2.24, 2.45) is 11.8 Å². The number of aromatic carboxylic acids is 1. The molecule has 3 aromatic rings. The third kappa shape index (κ3) is 7.07. The minimum Gasteiger partial charge on any atom is -0.478 e. The molecule has 0 radical (unpaired) electrons. The molecular formula is C35H45N5O4S. The number of pyridine rings is 1. The van der Waals surface area contributed by atoms with E-state index in [1.165, 1.54) is 76.5 Å². The molecule has 1 atom stereocenters. The van der Waals surface area contributed by atoms with E-state index in [4.69, 9.17) is 0 Å². The van der Waals surface area contributed by atoms with Gasteiger partial charge in [-0.2, -0.15) is 0 Å². The normalized spacial score (nSPS) is 19.6. The van der Waals surface area contributed by atoms with Gasteiger partial charge in [0.1, 0.15) is 16.8 Å². The number of carboxylic acids is 1. The molecule has 0 spiro atoms. The zero-order chi connectivity index (χ0) is 31.3. The van der Waals surface area contributed by atoms with Crippen LogP contribution in [0.2, 0.25) is 0 Å². The van der Waals surface area contributed by atoms with Gasteiger partial charge >= 0.3 is 5.97 Å². The molecule has 3 aliphatic rings. The lowest BCUT2D eigenvalue weighted by Gasteiger charge is -2.47. The van der Waals surface area contributed by atoms with E-state index in [0.717, 1.165) is 47.6 Å². The van der Waals surface area contributed by atoms with Crippen LogP contribution in [-0.2, 0) is 4.79 Å². The molecule has 240 valence electrons. The Labute approximate surface area is 269 Å². The highest BCUT2D eigenvalue weighted by Gasteiger charge is 2.38. The number of aromatic amines is 1. The number of carboxylic acid groups (broad SMARTS) is 1. The molecule has 45 heavy (non-hydrogen) atoms. The van der Waals surface area contributed by atoms with Gasteiger partial charge in [0, 0.05) is 49.3 Å². The van der Waals surface area contributed by atoms with Gasteiger partial charge in [0.15, 0.2) is 0 Å². The highest BCUT2D eigenvalue weighted by atomic mass is 32.2. The second kappa shape index (κ2) is 14.4. The van der Waals surface area contributed by atoms with Crippen LogP contribution in [0.5, 0.6) is 0 Å². The van der Waals surface area contributed by atoms with Gasteiger partial charge in [0.25, 0.3) is 5.91 Å². The number of rotatable bonds is 9. The number of aromatic nitrogens is 2. The van der Waals surface area contributed by atoms with Crippen LogP contribution in [0.4, 0.5) is 0 Å². The number of piperazine rings is 1. The average Bonchev–Trinajstić information content (AvgIpc) is 3.44. The summed E-state index contributed by atoms with van der Waals surface area (Å²) in [5.74, 6) is 0.00000477. The van der Waals surface area contributed by atoms with Crippen molar-refractivity contribution >= 4 is 40.4 Å². The maximum Gasteiger partial charge on any atom is 0.338 e. The number of H-pyrrole nitrogens is 1. The van der Waals surface area contributed by atoms with Crippen molar-refractivity contribution < 1.29 is 19.5 Å². The van der Waals surface area contributed by atoms with E-state index in [0.29, 0.717) is 29.1 Å². The molecule has 1 aliphatic heterocycles. The van der Waals surface area contributed by atoms with Gasteiger partial charge in [0.05, 0.1) is 10.5 Å². The van der Waals surface area contributed by atoms with Crippen LogP contribution in [0, 0.1) is 11.8 Å². The Morgan fingerprint density at radius 2 is 1.56 bits per heavy atom. The fourth-order valence-corrected chi connectivity index (χ4v) is 9.00. The summed E-state index contributed by atoms with van der Waals surface area (Å²) >= 11 is 1.14. The first-order valence-corrected chi connectivity index (χ1v) is 17.5. The van der Waals surface area contributed by atoms with Crippen LogP contribution < -0.4 is 5.32 Å². The number of carbonyl (C=O) groups is 3. The fraction of sp³-hybridized carbons (Fsp3) is 0.543. The lowest BCUT2D eigenvalue weighted by molar-refractivity contribution is -0.135. The largest absolute Gasteiger partial charge is 0.478 e. The molecule has 1 saturated heterocycles. The summed E-state index contributed by atoms with van der Waals surface area (Å²) in [5.41, 5.74) is 1.10. The van der Waals surface area contributed by atoms with Gasteiger partial charge in [-0.3, -0.25) is 14.5 Å². The predicted octanol–water partition coefficient (Wildman–Crippen LogP) is 6.20. The highest BCUT2D eigenvalue weighted by molar-refractivity contribution is 7.99.